The molecule has 4 rings (SSSR count). The summed E-state index contributed by atoms with van der Waals surface area (Å²) in [6.45, 7) is 8.17. The molecule has 0 N–H and O–H groups in total. The van der Waals surface area contributed by atoms with Crippen molar-refractivity contribution in [3.05, 3.63) is 96.6 Å². The summed E-state index contributed by atoms with van der Waals surface area (Å²) in [4.78, 5) is 14.1. The summed E-state index contributed by atoms with van der Waals surface area (Å²) in [6, 6.07) is 28.7. The number of alkyl halides is 2. The van der Waals surface area contributed by atoms with Gasteiger partial charge < -0.3 is 14.1 Å². The molecular formula is C29H33F2NO3Si. The normalized spacial score (nSPS) is 20.4. The van der Waals surface area contributed by atoms with Gasteiger partial charge in [-0.3, -0.25) is 4.79 Å². The van der Waals surface area contributed by atoms with E-state index < -0.39 is 32.5 Å². The van der Waals surface area contributed by atoms with Crippen LogP contribution in [0.15, 0.2) is 91.0 Å². The number of hydrogen-bond acceptors (Lipinski definition) is 3. The lowest BCUT2D eigenvalue weighted by atomic mass is 10.1. The number of amides is 1. The molecule has 1 aliphatic rings. The fraction of sp³-hybridized carbons (Fsp3) is 0.345. The highest BCUT2D eigenvalue weighted by Gasteiger charge is 2.55. The minimum atomic E-state index is -3.87. The fourth-order valence-corrected chi connectivity index (χ4v) is 9.68. The molecule has 190 valence electrons. The molecule has 0 spiro atoms. The molecule has 3 aromatic rings. The Morgan fingerprint density at radius 2 is 1.36 bits per heavy atom. The smallest absolute Gasteiger partial charge is 0.405 e. The highest BCUT2D eigenvalue weighted by molar-refractivity contribution is 6.99. The molecule has 1 fully saturated rings. The van der Waals surface area contributed by atoms with Crippen LogP contribution in [0.5, 0.6) is 0 Å². The average Bonchev–Trinajstić information content (AvgIpc) is 2.85. The molecule has 7 heteroatoms. The number of hydrogen-bond donors (Lipinski definition) is 0. The van der Waals surface area contributed by atoms with Gasteiger partial charge in [0.2, 0.25) is 0 Å². The molecule has 3 aromatic carbocycles. The van der Waals surface area contributed by atoms with Crippen molar-refractivity contribution in [1.29, 1.82) is 0 Å². The quantitative estimate of drug-likeness (QED) is 0.422. The van der Waals surface area contributed by atoms with Gasteiger partial charge in [-0.15, -0.1) is 0 Å². The van der Waals surface area contributed by atoms with Crippen LogP contribution in [-0.2, 0) is 20.5 Å². The van der Waals surface area contributed by atoms with Gasteiger partial charge in [0.1, 0.15) is 0 Å². The summed E-state index contributed by atoms with van der Waals surface area (Å²) in [6.07, 6.45) is -4.79. The molecule has 1 amide bonds. The highest BCUT2D eigenvalue weighted by atomic mass is 28.4. The van der Waals surface area contributed by atoms with Gasteiger partial charge in [-0.1, -0.05) is 112 Å². The third-order valence-electron chi connectivity index (χ3n) is 6.87. The lowest BCUT2D eigenvalue weighted by molar-refractivity contribution is -0.286. The second-order valence-corrected chi connectivity index (χ2v) is 14.6. The minimum Gasteiger partial charge on any atom is -0.405 e. The fourth-order valence-electron chi connectivity index (χ4n) is 5.10. The molecule has 0 bridgehead atoms. The van der Waals surface area contributed by atoms with Crippen molar-refractivity contribution in [3.63, 3.8) is 0 Å². The Bertz CT molecular complexity index is 1110. The van der Waals surface area contributed by atoms with E-state index in [2.05, 4.69) is 45.0 Å². The average molecular weight is 510 g/mol. The third-order valence-corrected chi connectivity index (χ3v) is 11.9. The van der Waals surface area contributed by atoms with Crippen molar-refractivity contribution in [2.75, 3.05) is 6.61 Å². The second kappa shape index (κ2) is 10.2. The number of morpholine rings is 1. The zero-order valence-corrected chi connectivity index (χ0v) is 22.2. The van der Waals surface area contributed by atoms with Gasteiger partial charge in [0.15, 0.2) is 0 Å². The Kier molecular flexibility index (Phi) is 7.45. The van der Waals surface area contributed by atoms with Gasteiger partial charge >= 0.3 is 12.0 Å². The number of rotatable bonds is 7. The molecule has 1 saturated heterocycles. The van der Waals surface area contributed by atoms with E-state index in [1.54, 1.807) is 6.92 Å². The Hall–Kier alpha value is -2.87. The summed E-state index contributed by atoms with van der Waals surface area (Å²) >= 11 is 0. The number of halogens is 2. The van der Waals surface area contributed by atoms with Crippen LogP contribution in [0.4, 0.5) is 8.78 Å². The molecule has 0 radical (unpaired) electrons. The second-order valence-electron chi connectivity index (χ2n) is 10.3. The first-order valence-electron chi connectivity index (χ1n) is 12.2. The third kappa shape index (κ3) is 5.01. The van der Waals surface area contributed by atoms with Gasteiger partial charge in [-0.25, -0.2) is 0 Å². The monoisotopic (exact) mass is 509 g/mol. The molecular weight excluding hydrogens is 476 g/mol. The van der Waals surface area contributed by atoms with Crippen molar-refractivity contribution in [2.24, 2.45) is 0 Å². The summed E-state index contributed by atoms with van der Waals surface area (Å²) in [5, 5.41) is 1.88. The number of ether oxygens (including phenoxy) is 1. The Morgan fingerprint density at radius 3 is 1.83 bits per heavy atom. The van der Waals surface area contributed by atoms with Crippen molar-refractivity contribution >= 4 is 24.6 Å². The standard InChI is InChI=1S/C29H33F2NO3Si/c1-22-26(32(27(33)29(30,31)35-22)20-23-14-8-5-9-15-23)21-34-36(28(2,3)4,24-16-10-6-11-17-24)25-18-12-7-13-19-25/h5-19,22,26H,20-21H2,1-4H3/t22-,26?/m0/s1. The minimum absolute atomic E-state index is 0.0533. The predicted molar refractivity (Wildman–Crippen MR) is 140 cm³/mol. The Morgan fingerprint density at radius 1 is 0.889 bits per heavy atom. The number of carbonyl (C=O) groups is 1. The van der Waals surface area contributed by atoms with E-state index in [1.807, 2.05) is 66.7 Å². The lowest BCUT2D eigenvalue weighted by Crippen LogP contribution is -2.69. The SMILES string of the molecule is C[C@@H]1OC(F)(F)C(=O)N(Cc2ccccc2)C1CO[Si](c1ccccc1)(c1ccccc1)C(C)(C)C. The predicted octanol–water partition coefficient (Wildman–Crippen LogP) is 4.97. The molecule has 4 nitrogen and oxygen atoms in total. The van der Waals surface area contributed by atoms with E-state index in [9.17, 15) is 13.6 Å². The molecule has 1 aliphatic heterocycles. The molecule has 36 heavy (non-hydrogen) atoms. The topological polar surface area (TPSA) is 38.8 Å². The van der Waals surface area contributed by atoms with E-state index in [4.69, 9.17) is 9.16 Å². The van der Waals surface area contributed by atoms with Crippen LogP contribution in [0.3, 0.4) is 0 Å². The summed E-state index contributed by atoms with van der Waals surface area (Å²) in [7, 11) is -2.92. The van der Waals surface area contributed by atoms with E-state index in [1.165, 1.54) is 4.90 Å². The molecule has 1 heterocycles. The van der Waals surface area contributed by atoms with Crippen molar-refractivity contribution in [2.45, 2.75) is 57.5 Å². The van der Waals surface area contributed by atoms with Gasteiger partial charge in [0.25, 0.3) is 8.32 Å². The van der Waals surface area contributed by atoms with Gasteiger partial charge in [-0.05, 0) is 27.9 Å². The maximum Gasteiger partial charge on any atom is 0.437 e. The number of benzene rings is 3. The van der Waals surface area contributed by atoms with E-state index in [-0.39, 0.29) is 18.2 Å². The molecule has 2 atom stereocenters. The summed E-state index contributed by atoms with van der Waals surface area (Å²) < 4.78 is 41.0. The Balaban J connectivity index is 1.75. The van der Waals surface area contributed by atoms with E-state index in [0.717, 1.165) is 15.9 Å². The first-order chi connectivity index (χ1) is 17.1. The van der Waals surface area contributed by atoms with Crippen LogP contribution in [0.25, 0.3) is 0 Å². The number of carbonyl (C=O) groups excluding carboxylic acids is 1. The van der Waals surface area contributed by atoms with E-state index in [0.29, 0.717) is 0 Å². The van der Waals surface area contributed by atoms with Crippen LogP contribution in [0, 0.1) is 0 Å². The maximum absolute atomic E-state index is 14.5. The zero-order valence-electron chi connectivity index (χ0n) is 21.2. The molecule has 1 unspecified atom stereocenters. The van der Waals surface area contributed by atoms with Crippen molar-refractivity contribution in [3.8, 4) is 0 Å². The lowest BCUT2D eigenvalue weighted by Gasteiger charge is -2.47. The largest absolute Gasteiger partial charge is 0.437 e. The Labute approximate surface area is 213 Å². The first kappa shape index (κ1) is 26.2. The van der Waals surface area contributed by atoms with Crippen LogP contribution in [0.1, 0.15) is 33.3 Å². The van der Waals surface area contributed by atoms with Crippen LogP contribution >= 0.6 is 0 Å². The highest BCUT2D eigenvalue weighted by Crippen LogP contribution is 2.38. The van der Waals surface area contributed by atoms with E-state index >= 15 is 0 Å². The molecule has 0 aromatic heterocycles. The van der Waals surface area contributed by atoms with Gasteiger partial charge in [0.05, 0.1) is 18.8 Å². The summed E-state index contributed by atoms with van der Waals surface area (Å²) in [5.74, 6) is -1.33. The van der Waals surface area contributed by atoms with Gasteiger partial charge in [-0.2, -0.15) is 8.78 Å². The number of nitrogens with zero attached hydrogens (tertiary/aromatic N) is 1. The molecule has 0 aliphatic carbocycles. The first-order valence-corrected chi connectivity index (χ1v) is 14.1. The maximum atomic E-state index is 14.5. The van der Waals surface area contributed by atoms with Crippen molar-refractivity contribution < 1.29 is 22.7 Å². The van der Waals surface area contributed by atoms with Gasteiger partial charge in [0, 0.05) is 6.54 Å². The van der Waals surface area contributed by atoms with Crippen molar-refractivity contribution in [1.82, 2.24) is 4.90 Å². The zero-order chi connectivity index (χ0) is 26.0. The summed E-state index contributed by atoms with van der Waals surface area (Å²) in [5.41, 5.74) is 0.770. The van der Waals surface area contributed by atoms with Crippen LogP contribution in [0.2, 0.25) is 5.04 Å². The van der Waals surface area contributed by atoms with Crippen LogP contribution in [-0.4, -0.2) is 44.0 Å². The molecule has 0 saturated carbocycles. The van der Waals surface area contributed by atoms with Crippen LogP contribution < -0.4 is 10.4 Å².